The maximum absolute atomic E-state index is 14.5. The van der Waals surface area contributed by atoms with Gasteiger partial charge in [-0.15, -0.1) is 0 Å². The molecule has 2 heterocycles. The van der Waals surface area contributed by atoms with Crippen LogP contribution < -0.4 is 14.4 Å². The number of hydrogen-bond acceptors (Lipinski definition) is 8. The summed E-state index contributed by atoms with van der Waals surface area (Å²) in [4.78, 5) is 32.5. The quantitative estimate of drug-likeness (QED) is 0.200. The number of aliphatic hydroxyl groups is 1. The molecule has 2 N–H and O–H groups in total. The Morgan fingerprint density at radius 3 is 2.48 bits per heavy atom. The van der Waals surface area contributed by atoms with Crippen molar-refractivity contribution in [2.24, 2.45) is 5.41 Å². The highest BCUT2D eigenvalue weighted by Gasteiger charge is 2.40. The molecule has 0 aliphatic carbocycles. The van der Waals surface area contributed by atoms with Crippen LogP contribution in [0.5, 0.6) is 11.5 Å². The summed E-state index contributed by atoms with van der Waals surface area (Å²) in [6.07, 6.45) is -2.05. The van der Waals surface area contributed by atoms with E-state index in [-0.39, 0.29) is 43.6 Å². The molecule has 0 fully saturated rings. The lowest BCUT2D eigenvalue weighted by atomic mass is 9.92. The zero-order valence-electron chi connectivity index (χ0n) is 26.2. The first kappa shape index (κ1) is 33.0. The van der Waals surface area contributed by atoms with E-state index in [0.29, 0.717) is 45.5 Å². The summed E-state index contributed by atoms with van der Waals surface area (Å²) in [6, 6.07) is 20.2. The Hall–Kier alpha value is -4.38. The topological polar surface area (TPSA) is 132 Å². The number of nitrogens with zero attached hydrogens (tertiary/aromatic N) is 2. The standard InChI is InChI=1S/C35H37ClN2O8/c1-35(2,20-39)19-38-26-14-13-22(36)16-24(26)32(23-11-8-12-27(43-3)33(23)44-4)46-29(34(38)42)17-30-37-25(28(45-30)18-31(40)41)15-21-9-6-5-7-10-21/h5-14,16,29,32,39H,15,17-20H2,1-4H3,(H,40,41)/t29-,32-/m1/s1. The van der Waals surface area contributed by atoms with Gasteiger partial charge in [0.1, 0.15) is 24.4 Å². The summed E-state index contributed by atoms with van der Waals surface area (Å²) in [5, 5.41) is 20.2. The summed E-state index contributed by atoms with van der Waals surface area (Å²) in [7, 11) is 3.07. The number of methoxy groups -OCH3 is 2. The van der Waals surface area contributed by atoms with E-state index in [1.54, 1.807) is 35.2 Å². The number of halogens is 1. The Morgan fingerprint density at radius 1 is 1.04 bits per heavy atom. The number of amides is 1. The molecular weight excluding hydrogens is 612 g/mol. The van der Waals surface area contributed by atoms with Crippen molar-refractivity contribution >= 4 is 29.2 Å². The molecule has 1 aliphatic rings. The van der Waals surface area contributed by atoms with Crippen LogP contribution in [-0.2, 0) is 33.6 Å². The maximum atomic E-state index is 14.5. The van der Waals surface area contributed by atoms with Gasteiger partial charge in [0.2, 0.25) is 0 Å². The highest BCUT2D eigenvalue weighted by atomic mass is 35.5. The van der Waals surface area contributed by atoms with Crippen LogP contribution in [0.3, 0.4) is 0 Å². The van der Waals surface area contributed by atoms with Crippen molar-refractivity contribution in [1.82, 2.24) is 4.98 Å². The molecule has 4 aromatic rings. The summed E-state index contributed by atoms with van der Waals surface area (Å²) >= 11 is 6.53. The van der Waals surface area contributed by atoms with Gasteiger partial charge in [-0.1, -0.05) is 67.9 Å². The van der Waals surface area contributed by atoms with Crippen LogP contribution in [0, 0.1) is 5.41 Å². The molecule has 0 radical (unpaired) electrons. The number of anilines is 1. The van der Waals surface area contributed by atoms with Crippen LogP contribution in [-0.4, -0.2) is 60.5 Å². The van der Waals surface area contributed by atoms with Crippen LogP contribution in [0.1, 0.15) is 54.0 Å². The minimum absolute atomic E-state index is 0.0825. The number of carbonyl (C=O) groups is 2. The highest BCUT2D eigenvalue weighted by molar-refractivity contribution is 6.30. The molecule has 0 saturated heterocycles. The molecule has 0 unspecified atom stereocenters. The van der Waals surface area contributed by atoms with Crippen molar-refractivity contribution in [3.05, 3.63) is 106 Å². The number of hydrogen-bond donors (Lipinski definition) is 2. The molecule has 5 rings (SSSR count). The number of fused-ring (bicyclic) bond motifs is 1. The number of oxazole rings is 1. The number of carboxylic acids is 1. The second-order valence-electron chi connectivity index (χ2n) is 12.0. The second-order valence-corrected chi connectivity index (χ2v) is 12.4. The van der Waals surface area contributed by atoms with Gasteiger partial charge in [-0.25, -0.2) is 4.98 Å². The average Bonchev–Trinajstić information content (AvgIpc) is 3.36. The Bertz CT molecular complexity index is 1700. The van der Waals surface area contributed by atoms with E-state index in [4.69, 9.17) is 30.2 Å². The zero-order chi connectivity index (χ0) is 33.0. The van der Waals surface area contributed by atoms with Gasteiger partial charge in [0.25, 0.3) is 5.91 Å². The number of para-hydroxylation sites is 1. The van der Waals surface area contributed by atoms with Crippen molar-refractivity contribution in [1.29, 1.82) is 0 Å². The lowest BCUT2D eigenvalue weighted by molar-refractivity contribution is -0.136. The van der Waals surface area contributed by atoms with Gasteiger partial charge < -0.3 is 33.7 Å². The molecule has 1 aromatic heterocycles. The van der Waals surface area contributed by atoms with E-state index >= 15 is 0 Å². The number of ether oxygens (including phenoxy) is 3. The lowest BCUT2D eigenvalue weighted by Gasteiger charge is -2.32. The van der Waals surface area contributed by atoms with E-state index in [1.807, 2.05) is 50.2 Å². The molecule has 0 bridgehead atoms. The summed E-state index contributed by atoms with van der Waals surface area (Å²) in [5.41, 5.74) is 2.54. The van der Waals surface area contributed by atoms with Gasteiger partial charge in [0, 0.05) is 46.8 Å². The number of aliphatic carboxylic acids is 1. The van der Waals surface area contributed by atoms with Crippen LogP contribution in [0.15, 0.2) is 71.1 Å². The number of benzene rings is 3. The molecule has 46 heavy (non-hydrogen) atoms. The first-order chi connectivity index (χ1) is 22.0. The molecule has 1 amide bonds. The first-order valence-electron chi connectivity index (χ1n) is 14.8. The molecule has 2 atom stereocenters. The molecule has 11 heteroatoms. The number of rotatable bonds is 12. The SMILES string of the molecule is COc1cccc([C@H]2O[C@H](Cc3nc(Cc4ccccc4)c(CC(=O)O)o3)C(=O)N(CC(C)(C)CO)c3ccc(Cl)cc32)c1OC. The molecule has 0 spiro atoms. The summed E-state index contributed by atoms with van der Waals surface area (Å²) in [6.45, 7) is 3.73. The van der Waals surface area contributed by atoms with Crippen LogP contribution >= 0.6 is 11.6 Å². The molecule has 3 aromatic carbocycles. The van der Waals surface area contributed by atoms with Crippen molar-refractivity contribution in [2.45, 2.75) is 45.3 Å². The minimum atomic E-state index is -1.12. The first-order valence-corrected chi connectivity index (χ1v) is 15.2. The van der Waals surface area contributed by atoms with E-state index in [1.165, 1.54) is 14.2 Å². The molecule has 242 valence electrons. The van der Waals surface area contributed by atoms with Gasteiger partial charge in [-0.05, 0) is 29.8 Å². The van der Waals surface area contributed by atoms with Gasteiger partial charge in [0.15, 0.2) is 17.4 Å². The molecule has 1 aliphatic heterocycles. The third kappa shape index (κ3) is 7.20. The third-order valence-corrected chi connectivity index (χ3v) is 8.08. The Morgan fingerprint density at radius 2 is 1.80 bits per heavy atom. The number of carbonyl (C=O) groups excluding carboxylic acids is 1. The Balaban J connectivity index is 1.62. The third-order valence-electron chi connectivity index (χ3n) is 7.84. The second kappa shape index (κ2) is 13.9. The van der Waals surface area contributed by atoms with Crippen molar-refractivity contribution < 1.29 is 38.4 Å². The van der Waals surface area contributed by atoms with E-state index < -0.39 is 23.6 Å². The minimum Gasteiger partial charge on any atom is -0.493 e. The molecular formula is C35H37ClN2O8. The van der Waals surface area contributed by atoms with Crippen LogP contribution in [0.4, 0.5) is 5.69 Å². The Labute approximate surface area is 272 Å². The van der Waals surface area contributed by atoms with Gasteiger partial charge in [0.05, 0.1) is 26.3 Å². The fraction of sp³-hybridized carbons (Fsp3) is 0.343. The van der Waals surface area contributed by atoms with Gasteiger partial charge >= 0.3 is 5.97 Å². The summed E-state index contributed by atoms with van der Waals surface area (Å²) in [5.74, 6) is -0.143. The normalized spacial score (nSPS) is 16.6. The van der Waals surface area contributed by atoms with E-state index in [2.05, 4.69) is 4.98 Å². The van der Waals surface area contributed by atoms with Crippen molar-refractivity contribution in [3.8, 4) is 11.5 Å². The largest absolute Gasteiger partial charge is 0.493 e. The predicted octanol–water partition coefficient (Wildman–Crippen LogP) is 5.65. The number of aromatic nitrogens is 1. The van der Waals surface area contributed by atoms with Crippen LogP contribution in [0.2, 0.25) is 5.02 Å². The van der Waals surface area contributed by atoms with E-state index in [9.17, 15) is 19.8 Å². The smallest absolute Gasteiger partial charge is 0.311 e. The molecule has 0 saturated carbocycles. The van der Waals surface area contributed by atoms with E-state index in [0.717, 1.165) is 5.56 Å². The zero-order valence-corrected chi connectivity index (χ0v) is 26.9. The summed E-state index contributed by atoms with van der Waals surface area (Å²) < 4.78 is 24.1. The predicted molar refractivity (Wildman–Crippen MR) is 172 cm³/mol. The monoisotopic (exact) mass is 648 g/mol. The fourth-order valence-corrected chi connectivity index (χ4v) is 5.77. The Kier molecular flexibility index (Phi) is 10.0. The number of carboxylic acid groups (broad SMARTS) is 1. The van der Waals surface area contributed by atoms with Gasteiger partial charge in [-0.2, -0.15) is 0 Å². The van der Waals surface area contributed by atoms with Crippen molar-refractivity contribution in [3.63, 3.8) is 0 Å². The van der Waals surface area contributed by atoms with Crippen LogP contribution in [0.25, 0.3) is 0 Å². The lowest BCUT2D eigenvalue weighted by Crippen LogP contribution is -2.46. The maximum Gasteiger partial charge on any atom is 0.311 e. The molecule has 10 nitrogen and oxygen atoms in total. The van der Waals surface area contributed by atoms with Crippen molar-refractivity contribution in [2.75, 3.05) is 32.3 Å². The fourth-order valence-electron chi connectivity index (χ4n) is 5.59. The average molecular weight is 649 g/mol. The highest BCUT2D eigenvalue weighted by Crippen LogP contribution is 2.45. The van der Waals surface area contributed by atoms with Gasteiger partial charge in [-0.3, -0.25) is 9.59 Å². The number of aliphatic hydroxyl groups excluding tert-OH is 1.